The van der Waals surface area contributed by atoms with Crippen LogP contribution in [0.1, 0.15) is 50.7 Å². The summed E-state index contributed by atoms with van der Waals surface area (Å²) >= 11 is 0. The summed E-state index contributed by atoms with van der Waals surface area (Å²) < 4.78 is 11.3. The fourth-order valence-corrected chi connectivity index (χ4v) is 3.02. The van der Waals surface area contributed by atoms with Crippen molar-refractivity contribution in [2.45, 2.75) is 50.7 Å². The number of hydrogen-bond acceptors (Lipinski definition) is 3. The van der Waals surface area contributed by atoms with Crippen LogP contribution in [0.2, 0.25) is 0 Å². The van der Waals surface area contributed by atoms with E-state index < -0.39 is 11.7 Å². The average Bonchev–Trinajstić information content (AvgIpc) is 2.48. The highest BCUT2D eigenvalue weighted by Gasteiger charge is 2.41. The van der Waals surface area contributed by atoms with Crippen LogP contribution >= 0.6 is 0 Å². The maximum atomic E-state index is 10.8. The Labute approximate surface area is 115 Å². The zero-order valence-corrected chi connectivity index (χ0v) is 11.9. The van der Waals surface area contributed by atoms with E-state index in [9.17, 15) is 5.11 Å². The van der Waals surface area contributed by atoms with Gasteiger partial charge < -0.3 is 14.6 Å². The molecule has 1 atom stereocenters. The third-order valence-electron chi connectivity index (χ3n) is 4.12. The van der Waals surface area contributed by atoms with Gasteiger partial charge in [0.1, 0.15) is 11.9 Å². The molecule has 19 heavy (non-hydrogen) atoms. The van der Waals surface area contributed by atoms with E-state index in [1.807, 2.05) is 31.2 Å². The van der Waals surface area contributed by atoms with E-state index in [0.717, 1.165) is 37.0 Å². The molecule has 0 aliphatic heterocycles. The molecule has 1 N–H and O–H groups in total. The van der Waals surface area contributed by atoms with Crippen molar-refractivity contribution in [3.63, 3.8) is 0 Å². The molecule has 3 nitrogen and oxygen atoms in total. The van der Waals surface area contributed by atoms with Gasteiger partial charge in [-0.05, 0) is 25.8 Å². The first-order valence-corrected chi connectivity index (χ1v) is 7.18. The summed E-state index contributed by atoms with van der Waals surface area (Å²) in [5.41, 5.74) is 0.388. The second kappa shape index (κ2) is 6.40. The second-order valence-electron chi connectivity index (χ2n) is 5.20. The van der Waals surface area contributed by atoms with Gasteiger partial charge in [-0.1, -0.05) is 37.5 Å². The van der Waals surface area contributed by atoms with Gasteiger partial charge in [-0.3, -0.25) is 0 Å². The molecule has 1 aliphatic rings. The Balaban J connectivity index is 2.28. The van der Waals surface area contributed by atoms with Crippen LogP contribution in [0, 0.1) is 0 Å². The lowest BCUT2D eigenvalue weighted by Gasteiger charge is -2.40. The molecule has 1 aromatic carbocycles. The number of rotatable bonds is 5. The topological polar surface area (TPSA) is 38.7 Å². The number of para-hydroxylation sites is 1. The minimum absolute atomic E-state index is 0.453. The predicted octanol–water partition coefficient (Wildman–Crippen LogP) is 3.47. The number of hydrogen-bond donors (Lipinski definition) is 1. The third kappa shape index (κ3) is 2.93. The van der Waals surface area contributed by atoms with Crippen molar-refractivity contribution in [2.24, 2.45) is 0 Å². The Bertz CT molecular complexity index is 397. The van der Waals surface area contributed by atoms with Crippen molar-refractivity contribution in [3.8, 4) is 5.75 Å². The Morgan fingerprint density at radius 3 is 2.53 bits per heavy atom. The Hall–Kier alpha value is -1.06. The van der Waals surface area contributed by atoms with E-state index in [-0.39, 0.29) is 0 Å². The first kappa shape index (κ1) is 14.4. The van der Waals surface area contributed by atoms with Crippen LogP contribution in [-0.4, -0.2) is 24.4 Å². The standard InChI is InChI=1S/C16H24O3/c1-3-19-14-10-6-5-9-13(14)15(17)16(18-2)11-7-4-8-12-16/h5-6,9-10,15,17H,3-4,7-8,11-12H2,1-2H3. The number of methoxy groups -OCH3 is 1. The maximum absolute atomic E-state index is 10.8. The molecule has 0 bridgehead atoms. The van der Waals surface area contributed by atoms with E-state index in [1.54, 1.807) is 7.11 Å². The highest BCUT2D eigenvalue weighted by Crippen LogP contribution is 2.43. The predicted molar refractivity (Wildman–Crippen MR) is 75.4 cm³/mol. The van der Waals surface area contributed by atoms with Crippen LogP contribution in [0.25, 0.3) is 0 Å². The van der Waals surface area contributed by atoms with Gasteiger partial charge in [0.15, 0.2) is 0 Å². The molecule has 0 radical (unpaired) electrons. The molecule has 0 aromatic heterocycles. The first-order chi connectivity index (χ1) is 9.23. The summed E-state index contributed by atoms with van der Waals surface area (Å²) in [7, 11) is 1.71. The molecule has 0 saturated heterocycles. The molecule has 1 unspecified atom stereocenters. The fourth-order valence-electron chi connectivity index (χ4n) is 3.02. The van der Waals surface area contributed by atoms with E-state index in [4.69, 9.17) is 9.47 Å². The number of aliphatic hydroxyl groups is 1. The van der Waals surface area contributed by atoms with Crippen molar-refractivity contribution >= 4 is 0 Å². The van der Waals surface area contributed by atoms with E-state index in [0.29, 0.717) is 6.61 Å². The quantitative estimate of drug-likeness (QED) is 0.885. The van der Waals surface area contributed by atoms with E-state index in [1.165, 1.54) is 6.42 Å². The normalized spacial score (nSPS) is 19.9. The van der Waals surface area contributed by atoms with Crippen molar-refractivity contribution in [3.05, 3.63) is 29.8 Å². The van der Waals surface area contributed by atoms with Gasteiger partial charge in [0.25, 0.3) is 0 Å². The summed E-state index contributed by atoms with van der Waals surface area (Å²) in [4.78, 5) is 0. The van der Waals surface area contributed by atoms with Crippen molar-refractivity contribution in [2.75, 3.05) is 13.7 Å². The largest absolute Gasteiger partial charge is 0.493 e. The van der Waals surface area contributed by atoms with Gasteiger partial charge >= 0.3 is 0 Å². The third-order valence-corrected chi connectivity index (χ3v) is 4.12. The summed E-state index contributed by atoms with van der Waals surface area (Å²) in [6.45, 7) is 2.56. The Morgan fingerprint density at radius 1 is 1.21 bits per heavy atom. The molecule has 0 spiro atoms. The molecule has 3 heteroatoms. The lowest BCUT2D eigenvalue weighted by molar-refractivity contribution is -0.125. The van der Waals surface area contributed by atoms with Crippen molar-refractivity contribution in [1.29, 1.82) is 0 Å². The molecule has 0 amide bonds. The van der Waals surface area contributed by atoms with Crippen LogP contribution < -0.4 is 4.74 Å². The average molecular weight is 264 g/mol. The molecule has 1 fully saturated rings. The maximum Gasteiger partial charge on any atom is 0.125 e. The highest BCUT2D eigenvalue weighted by atomic mass is 16.5. The molecule has 2 rings (SSSR count). The van der Waals surface area contributed by atoms with Crippen molar-refractivity contribution < 1.29 is 14.6 Å². The SMILES string of the molecule is CCOc1ccccc1C(O)C1(OC)CCCCC1. The second-order valence-corrected chi connectivity index (χ2v) is 5.20. The zero-order valence-electron chi connectivity index (χ0n) is 11.9. The van der Waals surface area contributed by atoms with E-state index in [2.05, 4.69) is 0 Å². The zero-order chi connectivity index (χ0) is 13.7. The van der Waals surface area contributed by atoms with Crippen LogP contribution in [0.5, 0.6) is 5.75 Å². The number of benzene rings is 1. The van der Waals surface area contributed by atoms with Gasteiger partial charge in [-0.2, -0.15) is 0 Å². The molecular formula is C16H24O3. The lowest BCUT2D eigenvalue weighted by Crippen LogP contribution is -2.40. The number of ether oxygens (including phenoxy) is 2. The monoisotopic (exact) mass is 264 g/mol. The van der Waals surface area contributed by atoms with Crippen LogP contribution in [0.4, 0.5) is 0 Å². The van der Waals surface area contributed by atoms with Crippen LogP contribution in [0.3, 0.4) is 0 Å². The van der Waals surface area contributed by atoms with Crippen molar-refractivity contribution in [1.82, 2.24) is 0 Å². The van der Waals surface area contributed by atoms with Crippen LogP contribution in [0.15, 0.2) is 24.3 Å². The number of aliphatic hydroxyl groups excluding tert-OH is 1. The fraction of sp³-hybridized carbons (Fsp3) is 0.625. The van der Waals surface area contributed by atoms with Crippen LogP contribution in [-0.2, 0) is 4.74 Å². The van der Waals surface area contributed by atoms with Gasteiger partial charge in [0.2, 0.25) is 0 Å². The summed E-state index contributed by atoms with van der Waals surface area (Å²) in [5, 5.41) is 10.8. The molecule has 106 valence electrons. The Kier molecular flexibility index (Phi) is 4.83. The lowest BCUT2D eigenvalue weighted by atomic mass is 9.78. The molecule has 1 aliphatic carbocycles. The smallest absolute Gasteiger partial charge is 0.125 e. The first-order valence-electron chi connectivity index (χ1n) is 7.18. The summed E-state index contributed by atoms with van der Waals surface area (Å²) in [6, 6.07) is 7.72. The van der Waals surface area contributed by atoms with Gasteiger partial charge in [0, 0.05) is 12.7 Å². The molecule has 1 aromatic rings. The minimum Gasteiger partial charge on any atom is -0.493 e. The summed E-state index contributed by atoms with van der Waals surface area (Å²) in [5.74, 6) is 0.763. The minimum atomic E-state index is -0.624. The van der Waals surface area contributed by atoms with Gasteiger partial charge in [-0.25, -0.2) is 0 Å². The molecule has 1 saturated carbocycles. The summed E-state index contributed by atoms with van der Waals surface area (Å²) in [6.07, 6.45) is 4.64. The molecule has 0 heterocycles. The van der Waals surface area contributed by atoms with E-state index >= 15 is 0 Å². The highest BCUT2D eigenvalue weighted by molar-refractivity contribution is 5.36. The molecular weight excluding hydrogens is 240 g/mol. The Morgan fingerprint density at radius 2 is 1.89 bits per heavy atom. The van der Waals surface area contributed by atoms with Gasteiger partial charge in [0.05, 0.1) is 12.2 Å². The van der Waals surface area contributed by atoms with Gasteiger partial charge in [-0.15, -0.1) is 0 Å².